The van der Waals surface area contributed by atoms with Gasteiger partial charge in [0.05, 0.1) is 99.1 Å². The minimum absolute atomic E-state index is 0.137. The first-order valence-corrected chi connectivity index (χ1v) is 19.1. The average molecular weight is 679 g/mol. The Morgan fingerprint density at radius 3 is 0.894 bits per heavy atom. The van der Waals surface area contributed by atoms with Gasteiger partial charge in [0.1, 0.15) is 6.61 Å². The van der Waals surface area contributed by atoms with E-state index in [1.54, 1.807) is 0 Å². The molecule has 0 aliphatic rings. The molecule has 0 fully saturated rings. The molecule has 0 aliphatic carbocycles. The maximum atomic E-state index is 11.7. The van der Waals surface area contributed by atoms with Gasteiger partial charge in [0.2, 0.25) is 0 Å². The lowest BCUT2D eigenvalue weighted by atomic mass is 10.1. The third-order valence-electron chi connectivity index (χ3n) is 7.47. The predicted octanol–water partition coefficient (Wildman–Crippen LogP) is 7.33. The fourth-order valence-electron chi connectivity index (χ4n) is 4.67. The Kier molecular flexibility index (Phi) is 42.4. The molecule has 0 atom stereocenters. The maximum Gasteiger partial charge on any atom is 0.305 e. The van der Waals surface area contributed by atoms with Crippen LogP contribution in [0.25, 0.3) is 0 Å². The first-order valence-electron chi connectivity index (χ1n) is 19.1. The summed E-state index contributed by atoms with van der Waals surface area (Å²) in [6, 6.07) is 0. The van der Waals surface area contributed by atoms with Gasteiger partial charge in [-0.15, -0.1) is 0 Å². The van der Waals surface area contributed by atoms with E-state index in [4.69, 9.17) is 42.6 Å². The van der Waals surface area contributed by atoms with E-state index in [9.17, 15) is 4.79 Å². The van der Waals surface area contributed by atoms with E-state index in [0.717, 1.165) is 25.9 Å². The summed E-state index contributed by atoms with van der Waals surface area (Å²) in [7, 11) is 0. The van der Waals surface area contributed by atoms with Gasteiger partial charge in [-0.2, -0.15) is 0 Å². The smallest absolute Gasteiger partial charge is 0.305 e. The van der Waals surface area contributed by atoms with Crippen LogP contribution in [0.2, 0.25) is 0 Å². The molecule has 0 unspecified atom stereocenters. The molecule has 0 aromatic rings. The summed E-state index contributed by atoms with van der Waals surface area (Å²) >= 11 is 0. The second-order valence-corrected chi connectivity index (χ2v) is 11.8. The Bertz CT molecular complexity index is 581. The van der Waals surface area contributed by atoms with Crippen molar-refractivity contribution in [2.24, 2.45) is 0 Å². The number of unbranched alkanes of at least 4 members (excludes halogenated alkanes) is 14. The van der Waals surface area contributed by atoms with Crippen molar-refractivity contribution in [2.45, 2.75) is 123 Å². The van der Waals surface area contributed by atoms with Crippen molar-refractivity contribution in [3.63, 3.8) is 0 Å². The number of hydrogen-bond acceptors (Lipinski definition) is 10. The fraction of sp³-hybridized carbons (Fsp3) is 0.973. The van der Waals surface area contributed by atoms with Crippen molar-refractivity contribution in [1.82, 2.24) is 0 Å². The Labute approximate surface area is 288 Å². The van der Waals surface area contributed by atoms with Crippen LogP contribution in [-0.4, -0.2) is 118 Å². The largest absolute Gasteiger partial charge is 0.463 e. The van der Waals surface area contributed by atoms with Crippen LogP contribution in [0, 0.1) is 0 Å². The van der Waals surface area contributed by atoms with Crippen molar-refractivity contribution in [1.29, 1.82) is 0 Å². The van der Waals surface area contributed by atoms with E-state index < -0.39 is 0 Å². The lowest BCUT2D eigenvalue weighted by Gasteiger charge is -2.09. The molecule has 0 N–H and O–H groups in total. The second kappa shape index (κ2) is 43.2. The molecule has 0 aliphatic heterocycles. The van der Waals surface area contributed by atoms with Crippen LogP contribution in [0.3, 0.4) is 0 Å². The van der Waals surface area contributed by atoms with Gasteiger partial charge in [0.15, 0.2) is 0 Å². The molecular formula is C37H74O10. The molecule has 10 nitrogen and oxygen atoms in total. The molecule has 0 saturated carbocycles. The topological polar surface area (TPSA) is 100 Å². The quantitative estimate of drug-likeness (QED) is 0.0482. The normalized spacial score (nSPS) is 11.4. The van der Waals surface area contributed by atoms with Crippen molar-refractivity contribution < 1.29 is 47.4 Å². The zero-order valence-corrected chi connectivity index (χ0v) is 30.6. The lowest BCUT2D eigenvalue weighted by molar-refractivity contribution is -0.145. The summed E-state index contributed by atoms with van der Waals surface area (Å²) in [4.78, 5) is 11.7. The van der Waals surface area contributed by atoms with Crippen LogP contribution in [0.15, 0.2) is 0 Å². The summed E-state index contributed by atoms with van der Waals surface area (Å²) in [6.45, 7) is 13.5. The van der Waals surface area contributed by atoms with E-state index >= 15 is 0 Å². The zero-order chi connectivity index (χ0) is 34.0. The van der Waals surface area contributed by atoms with Crippen LogP contribution >= 0.6 is 0 Å². The summed E-state index contributed by atoms with van der Waals surface area (Å²) in [5, 5.41) is 0. The minimum Gasteiger partial charge on any atom is -0.463 e. The highest BCUT2D eigenvalue weighted by atomic mass is 16.6. The first-order chi connectivity index (χ1) is 23.3. The zero-order valence-electron chi connectivity index (χ0n) is 30.6. The van der Waals surface area contributed by atoms with Gasteiger partial charge in [-0.1, -0.05) is 104 Å². The molecule has 0 spiro atoms. The molecule has 0 amide bonds. The molecule has 0 rings (SSSR count). The molecular weight excluding hydrogens is 604 g/mol. The molecule has 282 valence electrons. The van der Waals surface area contributed by atoms with Crippen molar-refractivity contribution in [2.75, 3.05) is 112 Å². The summed E-state index contributed by atoms with van der Waals surface area (Å²) in [5.74, 6) is -0.137. The van der Waals surface area contributed by atoms with Gasteiger partial charge in [-0.05, 0) is 12.8 Å². The second-order valence-electron chi connectivity index (χ2n) is 11.8. The van der Waals surface area contributed by atoms with E-state index in [2.05, 4.69) is 13.8 Å². The summed E-state index contributed by atoms with van der Waals surface area (Å²) in [5.41, 5.74) is 0. The molecule has 10 heteroatoms. The monoisotopic (exact) mass is 679 g/mol. The third kappa shape index (κ3) is 43.1. The number of carbonyl (C=O) groups is 1. The first kappa shape index (κ1) is 46.1. The Morgan fingerprint density at radius 1 is 0.298 bits per heavy atom. The maximum absolute atomic E-state index is 11.7. The Hall–Kier alpha value is -0.850. The number of hydrogen-bond donors (Lipinski definition) is 0. The molecule has 0 heterocycles. The fourth-order valence-corrected chi connectivity index (χ4v) is 4.67. The van der Waals surface area contributed by atoms with Crippen LogP contribution in [0.5, 0.6) is 0 Å². The van der Waals surface area contributed by atoms with Crippen LogP contribution in [0.1, 0.15) is 123 Å². The van der Waals surface area contributed by atoms with Crippen LogP contribution in [-0.2, 0) is 47.4 Å². The number of ether oxygens (including phenoxy) is 9. The van der Waals surface area contributed by atoms with Gasteiger partial charge in [0, 0.05) is 13.0 Å². The number of rotatable bonds is 42. The SMILES string of the molecule is CCCCCCCCCCCCOCCOCCOCCOCCOCCOCCOCCOCCOC(=O)CCCCCCCC. The minimum atomic E-state index is -0.137. The molecule has 0 radical (unpaired) electrons. The Morgan fingerprint density at radius 2 is 0.553 bits per heavy atom. The highest BCUT2D eigenvalue weighted by Crippen LogP contribution is 2.10. The molecule has 0 aromatic carbocycles. The predicted molar refractivity (Wildman–Crippen MR) is 187 cm³/mol. The molecule has 47 heavy (non-hydrogen) atoms. The summed E-state index contributed by atoms with van der Waals surface area (Å²) < 4.78 is 49.3. The van der Waals surface area contributed by atoms with Gasteiger partial charge >= 0.3 is 5.97 Å². The van der Waals surface area contributed by atoms with Crippen LogP contribution in [0.4, 0.5) is 0 Å². The van der Waals surface area contributed by atoms with E-state index in [-0.39, 0.29) is 5.97 Å². The number of esters is 1. The van der Waals surface area contributed by atoms with Crippen molar-refractivity contribution >= 4 is 5.97 Å². The highest BCUT2D eigenvalue weighted by Gasteiger charge is 2.02. The summed E-state index contributed by atoms with van der Waals surface area (Å²) in [6.07, 6.45) is 20.9. The van der Waals surface area contributed by atoms with Crippen molar-refractivity contribution in [3.8, 4) is 0 Å². The van der Waals surface area contributed by atoms with Crippen LogP contribution < -0.4 is 0 Å². The molecule has 0 bridgehead atoms. The van der Waals surface area contributed by atoms with E-state index in [0.29, 0.717) is 112 Å². The van der Waals surface area contributed by atoms with E-state index in [1.807, 2.05) is 0 Å². The van der Waals surface area contributed by atoms with Gasteiger partial charge in [-0.25, -0.2) is 0 Å². The van der Waals surface area contributed by atoms with E-state index in [1.165, 1.54) is 83.5 Å². The number of carbonyl (C=O) groups excluding carboxylic acids is 1. The lowest BCUT2D eigenvalue weighted by Crippen LogP contribution is -2.15. The van der Waals surface area contributed by atoms with Crippen molar-refractivity contribution in [3.05, 3.63) is 0 Å². The Balaban J connectivity index is 3.09. The molecule has 0 saturated heterocycles. The third-order valence-corrected chi connectivity index (χ3v) is 7.47. The van der Waals surface area contributed by atoms with Gasteiger partial charge in [-0.3, -0.25) is 4.79 Å². The average Bonchev–Trinajstić information content (AvgIpc) is 3.08. The molecule has 0 aromatic heterocycles. The highest BCUT2D eigenvalue weighted by molar-refractivity contribution is 5.69. The van der Waals surface area contributed by atoms with Gasteiger partial charge < -0.3 is 42.6 Å². The standard InChI is InChI=1S/C37H74O10/c1-3-5-7-9-11-12-13-14-16-18-20-39-21-22-40-23-24-41-25-26-42-27-28-43-29-30-44-31-32-45-33-34-46-35-36-47-37(38)19-17-15-10-8-6-4-2/h3-36H2,1-2H3. The van der Waals surface area contributed by atoms with Gasteiger partial charge in [0.25, 0.3) is 0 Å².